The summed E-state index contributed by atoms with van der Waals surface area (Å²) in [5.41, 5.74) is 1.36. The monoisotopic (exact) mass is 367 g/mol. The van der Waals surface area contributed by atoms with E-state index in [1.807, 2.05) is 18.7 Å². The van der Waals surface area contributed by atoms with E-state index >= 15 is 0 Å². The van der Waals surface area contributed by atoms with Crippen LogP contribution >= 0.6 is 0 Å². The number of hydrogen-bond acceptors (Lipinski definition) is 4. The summed E-state index contributed by atoms with van der Waals surface area (Å²) in [6.07, 6.45) is 4.82. The molecule has 27 heavy (non-hydrogen) atoms. The third-order valence-electron chi connectivity index (χ3n) is 4.37. The maximum atomic E-state index is 12.6. The first-order chi connectivity index (χ1) is 13.0. The lowest BCUT2D eigenvalue weighted by Crippen LogP contribution is -2.35. The summed E-state index contributed by atoms with van der Waals surface area (Å²) in [5.74, 6) is 0.359. The second-order valence-corrected chi connectivity index (χ2v) is 6.93. The zero-order chi connectivity index (χ0) is 19.2. The summed E-state index contributed by atoms with van der Waals surface area (Å²) >= 11 is 0. The zero-order valence-electron chi connectivity index (χ0n) is 15.8. The number of pyridine rings is 1. The lowest BCUT2D eigenvalue weighted by molar-refractivity contribution is 0.0724. The lowest BCUT2D eigenvalue weighted by Gasteiger charge is -2.26. The van der Waals surface area contributed by atoms with Crippen molar-refractivity contribution in [1.29, 1.82) is 0 Å². The molecule has 1 aliphatic rings. The van der Waals surface area contributed by atoms with Crippen LogP contribution in [0.1, 0.15) is 54.0 Å². The van der Waals surface area contributed by atoms with Gasteiger partial charge in [0, 0.05) is 30.5 Å². The van der Waals surface area contributed by atoms with Gasteiger partial charge in [0.15, 0.2) is 0 Å². The van der Waals surface area contributed by atoms with E-state index in [-0.39, 0.29) is 23.6 Å². The molecule has 0 atom stereocenters. The number of amides is 2. The van der Waals surface area contributed by atoms with Crippen molar-refractivity contribution < 1.29 is 14.3 Å². The SMILES string of the molecule is CC(C)Oc1ccc(NC(=O)c2cc(C(=O)N3CCCCC3)ccn2)cc1. The van der Waals surface area contributed by atoms with Crippen LogP contribution in [0.15, 0.2) is 42.6 Å². The normalized spacial score (nSPS) is 14.1. The number of ether oxygens (including phenoxy) is 1. The van der Waals surface area contributed by atoms with Gasteiger partial charge in [0.05, 0.1) is 6.10 Å². The Balaban J connectivity index is 1.67. The predicted octanol–water partition coefficient (Wildman–Crippen LogP) is 3.75. The van der Waals surface area contributed by atoms with Crippen molar-refractivity contribution in [3.63, 3.8) is 0 Å². The van der Waals surface area contributed by atoms with Gasteiger partial charge in [-0.05, 0) is 69.5 Å². The second-order valence-electron chi connectivity index (χ2n) is 6.93. The molecule has 1 N–H and O–H groups in total. The van der Waals surface area contributed by atoms with E-state index in [1.54, 1.807) is 36.4 Å². The Morgan fingerprint density at radius 3 is 2.44 bits per heavy atom. The first-order valence-electron chi connectivity index (χ1n) is 9.36. The van der Waals surface area contributed by atoms with E-state index in [2.05, 4.69) is 10.3 Å². The molecule has 3 rings (SSSR count). The summed E-state index contributed by atoms with van der Waals surface area (Å²) in [5, 5.41) is 2.80. The van der Waals surface area contributed by atoms with Gasteiger partial charge in [-0.3, -0.25) is 14.6 Å². The van der Waals surface area contributed by atoms with E-state index in [9.17, 15) is 9.59 Å². The van der Waals surface area contributed by atoms with E-state index < -0.39 is 0 Å². The molecule has 2 amide bonds. The van der Waals surface area contributed by atoms with Crippen LogP contribution in [0.5, 0.6) is 5.75 Å². The Labute approximate surface area is 159 Å². The topological polar surface area (TPSA) is 71.5 Å². The molecule has 0 saturated carbocycles. The summed E-state index contributed by atoms with van der Waals surface area (Å²) < 4.78 is 5.59. The van der Waals surface area contributed by atoms with Gasteiger partial charge in [0.1, 0.15) is 11.4 Å². The number of likely N-dealkylation sites (tertiary alicyclic amines) is 1. The maximum absolute atomic E-state index is 12.6. The highest BCUT2D eigenvalue weighted by molar-refractivity contribution is 6.04. The molecule has 0 spiro atoms. The number of carbonyl (C=O) groups is 2. The zero-order valence-corrected chi connectivity index (χ0v) is 15.8. The first-order valence-corrected chi connectivity index (χ1v) is 9.36. The molecule has 1 aromatic carbocycles. The minimum Gasteiger partial charge on any atom is -0.491 e. The minimum absolute atomic E-state index is 0.0404. The van der Waals surface area contributed by atoms with E-state index in [0.717, 1.165) is 38.1 Å². The average Bonchev–Trinajstić information content (AvgIpc) is 2.69. The van der Waals surface area contributed by atoms with Crippen molar-refractivity contribution in [1.82, 2.24) is 9.88 Å². The van der Waals surface area contributed by atoms with Gasteiger partial charge >= 0.3 is 0 Å². The molecule has 2 aromatic rings. The highest BCUT2D eigenvalue weighted by Gasteiger charge is 2.19. The molecule has 6 nitrogen and oxygen atoms in total. The summed E-state index contributed by atoms with van der Waals surface area (Å²) in [6.45, 7) is 5.46. The number of hydrogen-bond donors (Lipinski definition) is 1. The molecule has 1 aromatic heterocycles. The maximum Gasteiger partial charge on any atom is 0.274 e. The molecule has 1 aliphatic heterocycles. The standard InChI is InChI=1S/C21H25N3O3/c1-15(2)27-18-8-6-17(7-9-18)23-20(25)19-14-16(10-11-22-19)21(26)24-12-4-3-5-13-24/h6-11,14-15H,3-5,12-13H2,1-2H3,(H,23,25). The molecule has 0 unspecified atom stereocenters. The number of rotatable bonds is 5. The highest BCUT2D eigenvalue weighted by atomic mass is 16.5. The van der Waals surface area contributed by atoms with Crippen molar-refractivity contribution in [2.24, 2.45) is 0 Å². The summed E-state index contributed by atoms with van der Waals surface area (Å²) in [6, 6.07) is 10.4. The van der Waals surface area contributed by atoms with Crippen LogP contribution in [0.2, 0.25) is 0 Å². The fourth-order valence-electron chi connectivity index (χ4n) is 3.05. The molecule has 1 saturated heterocycles. The van der Waals surface area contributed by atoms with Crippen LogP contribution in [0, 0.1) is 0 Å². The van der Waals surface area contributed by atoms with E-state index in [0.29, 0.717) is 11.3 Å². The fourth-order valence-corrected chi connectivity index (χ4v) is 3.05. The molecule has 6 heteroatoms. The number of aromatic nitrogens is 1. The van der Waals surface area contributed by atoms with Crippen molar-refractivity contribution in [2.75, 3.05) is 18.4 Å². The largest absolute Gasteiger partial charge is 0.491 e. The van der Waals surface area contributed by atoms with Crippen LogP contribution in [0.4, 0.5) is 5.69 Å². The van der Waals surface area contributed by atoms with Gasteiger partial charge in [-0.2, -0.15) is 0 Å². The number of carbonyl (C=O) groups excluding carboxylic acids is 2. The van der Waals surface area contributed by atoms with E-state index in [1.165, 1.54) is 6.20 Å². The van der Waals surface area contributed by atoms with Crippen LogP contribution in [-0.2, 0) is 0 Å². The third kappa shape index (κ3) is 5.06. The fraction of sp³-hybridized carbons (Fsp3) is 0.381. The third-order valence-corrected chi connectivity index (χ3v) is 4.37. The summed E-state index contributed by atoms with van der Waals surface area (Å²) in [4.78, 5) is 31.1. The van der Waals surface area contributed by atoms with E-state index in [4.69, 9.17) is 4.74 Å². The van der Waals surface area contributed by atoms with Gasteiger partial charge in [0.2, 0.25) is 0 Å². The number of piperidine rings is 1. The minimum atomic E-state index is -0.346. The average molecular weight is 367 g/mol. The van der Waals surface area contributed by atoms with Gasteiger partial charge in [-0.1, -0.05) is 0 Å². The molecule has 0 radical (unpaired) electrons. The molecular weight excluding hydrogens is 342 g/mol. The predicted molar refractivity (Wildman–Crippen MR) is 104 cm³/mol. The number of anilines is 1. The van der Waals surface area contributed by atoms with Crippen LogP contribution < -0.4 is 10.1 Å². The Bertz CT molecular complexity index is 797. The highest BCUT2D eigenvalue weighted by Crippen LogP contribution is 2.18. The van der Waals surface area contributed by atoms with Crippen molar-refractivity contribution >= 4 is 17.5 Å². The van der Waals surface area contributed by atoms with Crippen LogP contribution in [-0.4, -0.2) is 40.9 Å². The molecule has 2 heterocycles. The van der Waals surface area contributed by atoms with Gasteiger partial charge < -0.3 is 15.0 Å². The van der Waals surface area contributed by atoms with Crippen molar-refractivity contribution in [2.45, 2.75) is 39.2 Å². The molecule has 0 aliphatic carbocycles. The van der Waals surface area contributed by atoms with Crippen molar-refractivity contribution in [3.05, 3.63) is 53.9 Å². The molecule has 142 valence electrons. The van der Waals surface area contributed by atoms with Gasteiger partial charge in [-0.15, -0.1) is 0 Å². The van der Waals surface area contributed by atoms with Crippen molar-refractivity contribution in [3.8, 4) is 5.75 Å². The second kappa shape index (κ2) is 8.66. The van der Waals surface area contributed by atoms with Crippen LogP contribution in [0.3, 0.4) is 0 Å². The smallest absolute Gasteiger partial charge is 0.274 e. The van der Waals surface area contributed by atoms with Crippen LogP contribution in [0.25, 0.3) is 0 Å². The Hall–Kier alpha value is -2.89. The number of nitrogens with one attached hydrogen (secondary N) is 1. The molecule has 1 fully saturated rings. The Morgan fingerprint density at radius 2 is 1.78 bits per heavy atom. The summed E-state index contributed by atoms with van der Waals surface area (Å²) in [7, 11) is 0. The number of nitrogens with zero attached hydrogens (tertiary/aromatic N) is 2. The van der Waals surface area contributed by atoms with Gasteiger partial charge in [-0.25, -0.2) is 0 Å². The Morgan fingerprint density at radius 1 is 1.07 bits per heavy atom. The molecular formula is C21H25N3O3. The first kappa shape index (κ1) is 18.9. The van der Waals surface area contributed by atoms with Gasteiger partial charge in [0.25, 0.3) is 11.8 Å². The lowest BCUT2D eigenvalue weighted by atomic mass is 10.1. The molecule has 0 bridgehead atoms. The number of benzene rings is 1. The Kier molecular flexibility index (Phi) is 6.06. The quantitative estimate of drug-likeness (QED) is 0.874.